The predicted molar refractivity (Wildman–Crippen MR) is 124 cm³/mol. The van der Waals surface area contributed by atoms with Crippen molar-refractivity contribution in [3.63, 3.8) is 0 Å². The SMILES string of the molecule is COc1ccc(S(=O)(=O)N(C)c2ccc(C(=O)Nc3ccc(C)c(C)c3)cc2C)cc1. The Balaban J connectivity index is 1.83. The van der Waals surface area contributed by atoms with Crippen molar-refractivity contribution in [3.05, 3.63) is 82.9 Å². The number of anilines is 2. The lowest BCUT2D eigenvalue weighted by molar-refractivity contribution is 0.102. The highest BCUT2D eigenvalue weighted by Crippen LogP contribution is 2.27. The first-order valence-corrected chi connectivity index (χ1v) is 11.2. The number of methoxy groups -OCH3 is 1. The molecule has 0 aromatic heterocycles. The molecule has 3 aromatic rings. The van der Waals surface area contributed by atoms with E-state index in [1.165, 1.54) is 30.6 Å². The Bertz CT molecular complexity index is 1220. The van der Waals surface area contributed by atoms with Gasteiger partial charge in [0.2, 0.25) is 0 Å². The molecule has 0 saturated carbocycles. The molecule has 0 bridgehead atoms. The molecule has 162 valence electrons. The van der Waals surface area contributed by atoms with Gasteiger partial charge in [0, 0.05) is 18.3 Å². The number of nitrogens with zero attached hydrogens (tertiary/aromatic N) is 1. The Morgan fingerprint density at radius 3 is 2.13 bits per heavy atom. The monoisotopic (exact) mass is 438 g/mol. The third kappa shape index (κ3) is 4.72. The molecule has 7 heteroatoms. The van der Waals surface area contributed by atoms with Crippen LogP contribution in [0.5, 0.6) is 5.75 Å². The second-order valence-corrected chi connectivity index (χ2v) is 9.37. The Labute approximate surface area is 183 Å². The van der Waals surface area contributed by atoms with Gasteiger partial charge in [0.1, 0.15) is 5.75 Å². The van der Waals surface area contributed by atoms with Crippen molar-refractivity contribution in [1.82, 2.24) is 0 Å². The molecule has 0 spiro atoms. The van der Waals surface area contributed by atoms with Gasteiger partial charge in [-0.15, -0.1) is 0 Å². The third-order valence-corrected chi connectivity index (χ3v) is 7.07. The average Bonchev–Trinajstić information content (AvgIpc) is 2.75. The van der Waals surface area contributed by atoms with Crippen LogP contribution in [-0.4, -0.2) is 28.5 Å². The van der Waals surface area contributed by atoms with Crippen molar-refractivity contribution in [2.45, 2.75) is 25.7 Å². The first-order chi connectivity index (χ1) is 14.6. The summed E-state index contributed by atoms with van der Waals surface area (Å²) in [5.41, 5.74) is 4.59. The molecule has 0 heterocycles. The van der Waals surface area contributed by atoms with E-state index >= 15 is 0 Å². The van der Waals surface area contributed by atoms with Crippen LogP contribution >= 0.6 is 0 Å². The minimum Gasteiger partial charge on any atom is -0.497 e. The summed E-state index contributed by atoms with van der Waals surface area (Å²) in [6.07, 6.45) is 0. The van der Waals surface area contributed by atoms with Gasteiger partial charge < -0.3 is 10.1 Å². The molecule has 3 rings (SSSR count). The van der Waals surface area contributed by atoms with Gasteiger partial charge in [-0.2, -0.15) is 0 Å². The number of aryl methyl sites for hydroxylation is 3. The number of benzene rings is 3. The summed E-state index contributed by atoms with van der Waals surface area (Å²) in [6, 6.07) is 16.9. The molecule has 0 atom stereocenters. The van der Waals surface area contributed by atoms with Crippen LogP contribution in [-0.2, 0) is 10.0 Å². The predicted octanol–water partition coefficient (Wildman–Crippen LogP) is 4.70. The van der Waals surface area contributed by atoms with Crippen molar-refractivity contribution < 1.29 is 17.9 Å². The molecule has 0 aliphatic carbocycles. The smallest absolute Gasteiger partial charge is 0.264 e. The van der Waals surface area contributed by atoms with Crippen molar-refractivity contribution in [1.29, 1.82) is 0 Å². The number of sulfonamides is 1. The summed E-state index contributed by atoms with van der Waals surface area (Å²) >= 11 is 0. The van der Waals surface area contributed by atoms with Crippen molar-refractivity contribution >= 4 is 27.3 Å². The third-order valence-electron chi connectivity index (χ3n) is 5.28. The minimum atomic E-state index is -3.75. The summed E-state index contributed by atoms with van der Waals surface area (Å²) in [5.74, 6) is 0.329. The largest absolute Gasteiger partial charge is 0.497 e. The topological polar surface area (TPSA) is 75.7 Å². The lowest BCUT2D eigenvalue weighted by atomic mass is 10.1. The van der Waals surface area contributed by atoms with Gasteiger partial charge in [0.25, 0.3) is 15.9 Å². The summed E-state index contributed by atoms with van der Waals surface area (Å²) in [5, 5.41) is 2.89. The number of amides is 1. The average molecular weight is 439 g/mol. The Morgan fingerprint density at radius 2 is 1.55 bits per heavy atom. The molecule has 0 radical (unpaired) electrons. The highest BCUT2D eigenvalue weighted by atomic mass is 32.2. The van der Waals surface area contributed by atoms with Crippen LogP contribution in [0.2, 0.25) is 0 Å². The molecule has 6 nitrogen and oxygen atoms in total. The van der Waals surface area contributed by atoms with E-state index in [0.717, 1.165) is 11.1 Å². The van der Waals surface area contributed by atoms with Gasteiger partial charge in [-0.1, -0.05) is 6.07 Å². The van der Waals surface area contributed by atoms with Gasteiger partial charge in [-0.25, -0.2) is 8.42 Å². The van der Waals surface area contributed by atoms with Crippen LogP contribution in [0.4, 0.5) is 11.4 Å². The first-order valence-electron chi connectivity index (χ1n) is 9.75. The zero-order valence-corrected chi connectivity index (χ0v) is 19.1. The molecule has 0 saturated heterocycles. The molecule has 1 amide bonds. The van der Waals surface area contributed by atoms with E-state index in [9.17, 15) is 13.2 Å². The number of nitrogens with one attached hydrogen (secondary N) is 1. The Morgan fingerprint density at radius 1 is 0.871 bits per heavy atom. The van der Waals surface area contributed by atoms with Crippen molar-refractivity contribution in [3.8, 4) is 5.75 Å². The zero-order valence-electron chi connectivity index (χ0n) is 18.3. The zero-order chi connectivity index (χ0) is 22.8. The number of hydrogen-bond donors (Lipinski definition) is 1. The van der Waals surface area contributed by atoms with Gasteiger partial charge >= 0.3 is 0 Å². The molecule has 3 aromatic carbocycles. The number of ether oxygens (including phenoxy) is 1. The molecule has 1 N–H and O–H groups in total. The number of carbonyl (C=O) groups is 1. The lowest BCUT2D eigenvalue weighted by Crippen LogP contribution is -2.27. The van der Waals surface area contributed by atoms with Crippen LogP contribution in [0.3, 0.4) is 0 Å². The maximum absolute atomic E-state index is 13.0. The lowest BCUT2D eigenvalue weighted by Gasteiger charge is -2.22. The summed E-state index contributed by atoms with van der Waals surface area (Å²) in [4.78, 5) is 12.8. The highest BCUT2D eigenvalue weighted by molar-refractivity contribution is 7.92. The second-order valence-electron chi connectivity index (χ2n) is 7.40. The number of hydrogen-bond acceptors (Lipinski definition) is 4. The molecule has 0 aliphatic rings. The van der Waals surface area contributed by atoms with Crippen LogP contribution in [0.25, 0.3) is 0 Å². The standard InChI is InChI=1S/C24H26N2O4S/c1-16-6-8-20(15-17(16)2)25-24(27)19-7-13-23(18(3)14-19)26(4)31(28,29)22-11-9-21(30-5)10-12-22/h6-15H,1-5H3,(H,25,27). The summed E-state index contributed by atoms with van der Waals surface area (Å²) in [7, 11) is -0.732. The minimum absolute atomic E-state index is 0.159. The van der Waals surface area contributed by atoms with Gasteiger partial charge in [-0.05, 0) is 92.1 Å². The Hall–Kier alpha value is -3.32. The number of carbonyl (C=O) groups excluding carboxylic acids is 1. The maximum atomic E-state index is 13.0. The number of rotatable bonds is 6. The normalized spacial score (nSPS) is 11.1. The summed E-state index contributed by atoms with van der Waals surface area (Å²) in [6.45, 7) is 5.78. The molecule has 0 aliphatic heterocycles. The summed E-state index contributed by atoms with van der Waals surface area (Å²) < 4.78 is 32.3. The highest BCUT2D eigenvalue weighted by Gasteiger charge is 2.23. The second kappa shape index (κ2) is 8.81. The van der Waals surface area contributed by atoms with E-state index in [0.29, 0.717) is 28.3 Å². The van der Waals surface area contributed by atoms with E-state index in [1.54, 1.807) is 37.3 Å². The fraction of sp³-hybridized carbons (Fsp3) is 0.208. The van der Waals surface area contributed by atoms with Crippen molar-refractivity contribution in [2.75, 3.05) is 23.8 Å². The van der Waals surface area contributed by atoms with Gasteiger partial charge in [0.05, 0.1) is 17.7 Å². The molecular formula is C24H26N2O4S. The maximum Gasteiger partial charge on any atom is 0.264 e. The van der Waals surface area contributed by atoms with Crippen molar-refractivity contribution in [2.24, 2.45) is 0 Å². The molecule has 0 unspecified atom stereocenters. The van der Waals surface area contributed by atoms with Crippen LogP contribution in [0, 0.1) is 20.8 Å². The van der Waals surface area contributed by atoms with E-state index in [1.807, 2.05) is 32.0 Å². The molecule has 0 fully saturated rings. The van der Waals surface area contributed by atoms with Crippen LogP contribution < -0.4 is 14.4 Å². The molecular weight excluding hydrogens is 412 g/mol. The van der Waals surface area contributed by atoms with Gasteiger partial charge in [0.15, 0.2) is 0 Å². The molecule has 31 heavy (non-hydrogen) atoms. The van der Waals surface area contributed by atoms with E-state index in [2.05, 4.69) is 5.32 Å². The van der Waals surface area contributed by atoms with Crippen LogP contribution in [0.1, 0.15) is 27.0 Å². The van der Waals surface area contributed by atoms with E-state index < -0.39 is 10.0 Å². The van der Waals surface area contributed by atoms with Gasteiger partial charge in [-0.3, -0.25) is 9.10 Å². The van der Waals surface area contributed by atoms with E-state index in [4.69, 9.17) is 4.74 Å². The van der Waals surface area contributed by atoms with E-state index in [-0.39, 0.29) is 10.8 Å². The first kappa shape index (κ1) is 22.4. The fourth-order valence-corrected chi connectivity index (χ4v) is 4.47. The quantitative estimate of drug-likeness (QED) is 0.605. The Kier molecular flexibility index (Phi) is 6.36. The fourth-order valence-electron chi connectivity index (χ4n) is 3.21. The van der Waals surface area contributed by atoms with Crippen LogP contribution in [0.15, 0.2) is 65.6 Å².